The second kappa shape index (κ2) is 9.25. The summed E-state index contributed by atoms with van der Waals surface area (Å²) >= 11 is 3.07. The summed E-state index contributed by atoms with van der Waals surface area (Å²) in [6.07, 6.45) is 2.80. The number of anilines is 1. The van der Waals surface area contributed by atoms with E-state index in [1.165, 1.54) is 11.3 Å². The molecule has 148 valence electrons. The number of nitrogens with one attached hydrogen (secondary N) is 1. The van der Waals surface area contributed by atoms with Crippen molar-refractivity contribution in [1.29, 1.82) is 0 Å². The lowest BCUT2D eigenvalue weighted by atomic mass is 10.2. The Kier molecular flexibility index (Phi) is 6.74. The summed E-state index contributed by atoms with van der Waals surface area (Å²) in [5.41, 5.74) is 2.21. The Morgan fingerprint density at radius 3 is 2.79 bits per heavy atom. The van der Waals surface area contributed by atoms with Crippen LogP contribution in [0.3, 0.4) is 0 Å². The average molecular weight is 418 g/mol. The number of aromatic nitrogens is 2. The van der Waals surface area contributed by atoms with Gasteiger partial charge in [0.25, 0.3) is 0 Å². The van der Waals surface area contributed by atoms with E-state index in [4.69, 9.17) is 4.74 Å². The highest BCUT2D eigenvalue weighted by Crippen LogP contribution is 2.29. The largest absolute Gasteiger partial charge is 0.462 e. The van der Waals surface area contributed by atoms with E-state index in [9.17, 15) is 9.59 Å². The highest BCUT2D eigenvalue weighted by Gasteiger charge is 2.20. The Morgan fingerprint density at radius 2 is 2.07 bits per heavy atom. The van der Waals surface area contributed by atoms with Gasteiger partial charge in [0.15, 0.2) is 0 Å². The van der Waals surface area contributed by atoms with Crippen LogP contribution in [-0.2, 0) is 28.2 Å². The van der Waals surface area contributed by atoms with Crippen LogP contribution in [0.15, 0.2) is 30.3 Å². The number of aryl methyl sites for hydroxylation is 1. The Balaban J connectivity index is 1.85. The van der Waals surface area contributed by atoms with E-state index in [0.717, 1.165) is 33.9 Å². The quantitative estimate of drug-likeness (QED) is 0.552. The summed E-state index contributed by atoms with van der Waals surface area (Å²) in [5.74, 6) is 0.968. The summed E-state index contributed by atoms with van der Waals surface area (Å²) in [7, 11) is 0. The van der Waals surface area contributed by atoms with Crippen LogP contribution in [0.5, 0.6) is 0 Å². The van der Waals surface area contributed by atoms with Crippen LogP contribution in [0.25, 0.3) is 11.0 Å². The molecular weight excluding hydrogens is 394 g/mol. The topological polar surface area (TPSA) is 73.2 Å². The zero-order valence-corrected chi connectivity index (χ0v) is 17.8. The van der Waals surface area contributed by atoms with E-state index in [-0.39, 0.29) is 12.5 Å². The minimum Gasteiger partial charge on any atom is -0.462 e. The molecule has 3 rings (SSSR count). The molecule has 0 bridgehead atoms. The van der Waals surface area contributed by atoms with Gasteiger partial charge in [-0.1, -0.05) is 19.1 Å². The Labute approximate surface area is 172 Å². The zero-order chi connectivity index (χ0) is 20.1. The standard InChI is InChI=1S/C20H23N3O3S2/c1-4-13-10-14(20(25)26-5-2)19(28-13)22-18(24)11-23-16-9-7-6-8-15(16)21-17(23)12-27-3/h6-10H,4-5,11-12H2,1-3H3,(H,22,24). The number of para-hydroxylation sites is 2. The van der Waals surface area contributed by atoms with Crippen molar-refractivity contribution in [3.63, 3.8) is 0 Å². The van der Waals surface area contributed by atoms with Crippen LogP contribution in [0, 0.1) is 0 Å². The molecule has 28 heavy (non-hydrogen) atoms. The van der Waals surface area contributed by atoms with E-state index in [1.54, 1.807) is 24.8 Å². The van der Waals surface area contributed by atoms with E-state index in [0.29, 0.717) is 17.2 Å². The maximum absolute atomic E-state index is 12.8. The van der Waals surface area contributed by atoms with E-state index in [2.05, 4.69) is 10.3 Å². The molecule has 0 atom stereocenters. The molecule has 0 unspecified atom stereocenters. The number of hydrogen-bond donors (Lipinski definition) is 1. The van der Waals surface area contributed by atoms with Crippen molar-refractivity contribution >= 4 is 51.0 Å². The molecule has 0 saturated carbocycles. The first-order valence-electron chi connectivity index (χ1n) is 9.10. The maximum Gasteiger partial charge on any atom is 0.341 e. The number of hydrogen-bond acceptors (Lipinski definition) is 6. The van der Waals surface area contributed by atoms with Gasteiger partial charge in [-0.2, -0.15) is 11.8 Å². The number of imidazole rings is 1. The molecule has 6 nitrogen and oxygen atoms in total. The number of thioether (sulfide) groups is 1. The van der Waals surface area contributed by atoms with Crippen LogP contribution < -0.4 is 5.32 Å². The van der Waals surface area contributed by atoms with Gasteiger partial charge in [-0.15, -0.1) is 11.3 Å². The van der Waals surface area contributed by atoms with Gasteiger partial charge in [0.2, 0.25) is 5.91 Å². The predicted molar refractivity (Wildman–Crippen MR) is 115 cm³/mol. The molecule has 0 aliphatic heterocycles. The summed E-state index contributed by atoms with van der Waals surface area (Å²) in [5, 5.41) is 3.44. The number of amides is 1. The van der Waals surface area contributed by atoms with E-state index < -0.39 is 5.97 Å². The molecule has 1 N–H and O–H groups in total. The molecular formula is C20H23N3O3S2. The average Bonchev–Trinajstić information content (AvgIpc) is 3.24. The van der Waals surface area contributed by atoms with E-state index >= 15 is 0 Å². The van der Waals surface area contributed by atoms with Crippen molar-refractivity contribution in [3.05, 3.63) is 46.6 Å². The van der Waals surface area contributed by atoms with Gasteiger partial charge >= 0.3 is 5.97 Å². The zero-order valence-electron chi connectivity index (χ0n) is 16.2. The molecule has 8 heteroatoms. The van der Waals surface area contributed by atoms with Gasteiger partial charge in [0, 0.05) is 4.88 Å². The van der Waals surface area contributed by atoms with Gasteiger partial charge < -0.3 is 14.6 Å². The van der Waals surface area contributed by atoms with Gasteiger partial charge in [-0.05, 0) is 37.8 Å². The molecule has 0 aliphatic rings. The molecule has 3 aromatic rings. The third-order valence-electron chi connectivity index (χ3n) is 4.19. The lowest BCUT2D eigenvalue weighted by Gasteiger charge is -2.10. The highest BCUT2D eigenvalue weighted by atomic mass is 32.2. The lowest BCUT2D eigenvalue weighted by Crippen LogP contribution is -2.20. The number of carbonyl (C=O) groups excluding carboxylic acids is 2. The highest BCUT2D eigenvalue weighted by molar-refractivity contribution is 7.97. The fraction of sp³-hybridized carbons (Fsp3) is 0.350. The number of rotatable bonds is 8. The molecule has 0 radical (unpaired) electrons. The van der Waals surface area contributed by atoms with Crippen molar-refractivity contribution in [3.8, 4) is 0 Å². The molecule has 0 spiro atoms. The monoisotopic (exact) mass is 417 g/mol. The predicted octanol–water partition coefficient (Wildman–Crippen LogP) is 4.34. The van der Waals surface area contributed by atoms with Crippen molar-refractivity contribution < 1.29 is 14.3 Å². The Hall–Kier alpha value is -2.32. The molecule has 0 aliphatic carbocycles. The second-order valence-electron chi connectivity index (χ2n) is 6.11. The first-order chi connectivity index (χ1) is 13.6. The Morgan fingerprint density at radius 1 is 1.29 bits per heavy atom. The van der Waals surface area contributed by atoms with Crippen molar-refractivity contribution in [2.45, 2.75) is 32.6 Å². The van der Waals surface area contributed by atoms with Crippen LogP contribution in [0.4, 0.5) is 5.00 Å². The van der Waals surface area contributed by atoms with Gasteiger partial charge in [0.1, 0.15) is 17.4 Å². The fourth-order valence-electron chi connectivity index (χ4n) is 2.92. The van der Waals surface area contributed by atoms with Crippen molar-refractivity contribution in [2.24, 2.45) is 0 Å². The van der Waals surface area contributed by atoms with E-state index in [1.807, 2.05) is 42.0 Å². The molecule has 2 aromatic heterocycles. The number of thiophene rings is 1. The second-order valence-corrected chi connectivity index (χ2v) is 8.12. The number of nitrogens with zero attached hydrogens (tertiary/aromatic N) is 2. The fourth-order valence-corrected chi connectivity index (χ4v) is 4.40. The number of fused-ring (bicyclic) bond motifs is 1. The summed E-state index contributed by atoms with van der Waals surface area (Å²) in [6, 6.07) is 9.58. The number of carbonyl (C=O) groups is 2. The molecule has 1 aromatic carbocycles. The van der Waals surface area contributed by atoms with Crippen LogP contribution in [0.2, 0.25) is 0 Å². The summed E-state index contributed by atoms with van der Waals surface area (Å²) < 4.78 is 7.05. The molecule has 0 fully saturated rings. The maximum atomic E-state index is 12.8. The summed E-state index contributed by atoms with van der Waals surface area (Å²) in [4.78, 5) is 30.7. The summed E-state index contributed by atoms with van der Waals surface area (Å²) in [6.45, 7) is 4.21. The minimum atomic E-state index is -0.412. The van der Waals surface area contributed by atoms with Crippen molar-refractivity contribution in [2.75, 3.05) is 18.2 Å². The number of ether oxygens (including phenoxy) is 1. The van der Waals surface area contributed by atoms with Crippen LogP contribution >= 0.6 is 23.1 Å². The third-order valence-corrected chi connectivity index (χ3v) is 5.93. The molecule has 1 amide bonds. The number of benzene rings is 1. The normalized spacial score (nSPS) is 11.0. The van der Waals surface area contributed by atoms with Crippen molar-refractivity contribution in [1.82, 2.24) is 9.55 Å². The van der Waals surface area contributed by atoms with Crippen LogP contribution in [0.1, 0.15) is 34.9 Å². The van der Waals surface area contributed by atoms with Gasteiger partial charge in [0.05, 0.1) is 29.0 Å². The molecule has 0 saturated heterocycles. The Bertz CT molecular complexity index is 994. The van der Waals surface area contributed by atoms with Crippen LogP contribution in [-0.4, -0.2) is 34.3 Å². The van der Waals surface area contributed by atoms with Gasteiger partial charge in [-0.3, -0.25) is 4.79 Å². The molecule has 2 heterocycles. The SMILES string of the molecule is CCOC(=O)c1cc(CC)sc1NC(=O)Cn1c(CSC)nc2ccccc21. The smallest absolute Gasteiger partial charge is 0.341 e. The van der Waals surface area contributed by atoms with Gasteiger partial charge in [-0.25, -0.2) is 9.78 Å². The third kappa shape index (κ3) is 4.39. The minimum absolute atomic E-state index is 0.137. The first kappa shape index (κ1) is 20.4. The lowest BCUT2D eigenvalue weighted by molar-refractivity contribution is -0.116. The number of esters is 1. The first-order valence-corrected chi connectivity index (χ1v) is 11.3.